The fraction of sp³-hybridized carbons (Fsp3) is 0.188. The molecule has 0 heterocycles. The van der Waals surface area contributed by atoms with Gasteiger partial charge in [0, 0.05) is 5.02 Å². The highest BCUT2D eigenvalue weighted by Gasteiger charge is 2.25. The predicted octanol–water partition coefficient (Wildman–Crippen LogP) is 1.94. The van der Waals surface area contributed by atoms with E-state index in [9.17, 15) is 13.2 Å². The smallest absolute Gasteiger partial charge is 0.326 e. The van der Waals surface area contributed by atoms with Gasteiger partial charge in [-0.05, 0) is 48.5 Å². The monoisotopic (exact) mass is 385 g/mol. The van der Waals surface area contributed by atoms with Crippen LogP contribution in [0.3, 0.4) is 0 Å². The van der Waals surface area contributed by atoms with E-state index in [0.29, 0.717) is 16.5 Å². The highest BCUT2D eigenvalue weighted by Crippen LogP contribution is 2.24. The molecule has 0 amide bonds. The molecule has 7 nitrogen and oxygen atoms in total. The number of carbonyl (C=O) groups is 1. The molecule has 2 rings (SSSR count). The van der Waals surface area contributed by atoms with Crippen molar-refractivity contribution in [2.24, 2.45) is 0 Å². The van der Waals surface area contributed by atoms with Crippen LogP contribution in [0, 0.1) is 0 Å². The number of nitrogens with one attached hydrogen (secondary N) is 1. The first-order valence-electron chi connectivity index (χ1n) is 7.10. The second-order valence-electron chi connectivity index (χ2n) is 4.91. The van der Waals surface area contributed by atoms with Crippen molar-refractivity contribution < 1.29 is 27.8 Å². The van der Waals surface area contributed by atoms with Gasteiger partial charge < -0.3 is 14.6 Å². The molecule has 0 unspecified atom stereocenters. The van der Waals surface area contributed by atoms with Gasteiger partial charge in [-0.1, -0.05) is 11.6 Å². The number of esters is 1. The molecule has 1 atom stereocenters. The van der Waals surface area contributed by atoms with E-state index in [1.165, 1.54) is 24.3 Å². The molecular weight excluding hydrogens is 370 g/mol. The molecule has 134 valence electrons. The van der Waals surface area contributed by atoms with Crippen molar-refractivity contribution in [1.82, 2.24) is 4.72 Å². The average molecular weight is 386 g/mol. The van der Waals surface area contributed by atoms with Crippen molar-refractivity contribution in [3.8, 4) is 11.5 Å². The van der Waals surface area contributed by atoms with Crippen LogP contribution in [0.25, 0.3) is 0 Å². The molecule has 0 aliphatic rings. The number of benzene rings is 2. The number of hydrogen-bond donors (Lipinski definition) is 2. The van der Waals surface area contributed by atoms with Crippen LogP contribution in [-0.2, 0) is 19.6 Å². The van der Waals surface area contributed by atoms with Crippen molar-refractivity contribution in [1.29, 1.82) is 0 Å². The summed E-state index contributed by atoms with van der Waals surface area (Å²) in [5.74, 6) is 0.0888. The molecule has 25 heavy (non-hydrogen) atoms. The highest BCUT2D eigenvalue weighted by molar-refractivity contribution is 7.89. The topological polar surface area (TPSA) is 102 Å². The van der Waals surface area contributed by atoms with E-state index in [-0.39, 0.29) is 4.90 Å². The van der Waals surface area contributed by atoms with Crippen molar-refractivity contribution >= 4 is 27.6 Å². The van der Waals surface area contributed by atoms with E-state index >= 15 is 0 Å². The van der Waals surface area contributed by atoms with Crippen LogP contribution in [0.1, 0.15) is 0 Å². The molecule has 9 heteroatoms. The molecule has 0 saturated heterocycles. The number of ether oxygens (including phenoxy) is 2. The third kappa shape index (κ3) is 5.17. The van der Waals surface area contributed by atoms with E-state index in [1.54, 1.807) is 24.3 Å². The number of rotatable bonds is 7. The van der Waals surface area contributed by atoms with Crippen molar-refractivity contribution in [2.45, 2.75) is 10.9 Å². The maximum atomic E-state index is 12.2. The number of methoxy groups -OCH3 is 1. The zero-order valence-corrected chi connectivity index (χ0v) is 14.8. The van der Waals surface area contributed by atoms with E-state index in [1.807, 2.05) is 0 Å². The van der Waals surface area contributed by atoms with E-state index in [0.717, 1.165) is 7.11 Å². The largest absolute Gasteiger partial charge is 0.468 e. The summed E-state index contributed by atoms with van der Waals surface area (Å²) in [6, 6.07) is 10.9. The lowest BCUT2D eigenvalue weighted by atomic mass is 10.3. The maximum Gasteiger partial charge on any atom is 0.326 e. The van der Waals surface area contributed by atoms with Crippen LogP contribution in [0.5, 0.6) is 11.5 Å². The van der Waals surface area contributed by atoms with E-state index in [2.05, 4.69) is 9.46 Å². The molecule has 0 spiro atoms. The Bertz CT molecular complexity index is 821. The molecule has 0 aliphatic heterocycles. The second kappa shape index (κ2) is 8.30. The number of hydrogen-bond acceptors (Lipinski definition) is 6. The summed E-state index contributed by atoms with van der Waals surface area (Å²) in [6.07, 6.45) is 0. The molecule has 2 N–H and O–H groups in total. The van der Waals surface area contributed by atoms with Crippen LogP contribution in [0.4, 0.5) is 0 Å². The van der Waals surface area contributed by atoms with Gasteiger partial charge in [-0.15, -0.1) is 0 Å². The molecule has 0 fully saturated rings. The van der Waals surface area contributed by atoms with Gasteiger partial charge in [0.2, 0.25) is 10.0 Å². The Balaban J connectivity index is 2.12. The normalized spacial score (nSPS) is 12.4. The van der Waals surface area contributed by atoms with Gasteiger partial charge in [0.1, 0.15) is 17.5 Å². The summed E-state index contributed by atoms with van der Waals surface area (Å²) in [6.45, 7) is -0.719. The Hall–Kier alpha value is -2.13. The quantitative estimate of drug-likeness (QED) is 0.706. The van der Waals surface area contributed by atoms with Gasteiger partial charge in [0.15, 0.2) is 0 Å². The van der Waals surface area contributed by atoms with Crippen LogP contribution < -0.4 is 9.46 Å². The summed E-state index contributed by atoms with van der Waals surface area (Å²) in [5.41, 5.74) is 0. The number of aliphatic hydroxyl groups excluding tert-OH is 1. The fourth-order valence-corrected chi connectivity index (χ4v) is 3.18. The fourth-order valence-electron chi connectivity index (χ4n) is 1.88. The number of aliphatic hydroxyl groups is 1. The molecule has 0 bridgehead atoms. The highest BCUT2D eigenvalue weighted by atomic mass is 35.5. The van der Waals surface area contributed by atoms with Crippen LogP contribution in [0.2, 0.25) is 5.02 Å². The summed E-state index contributed by atoms with van der Waals surface area (Å²) >= 11 is 5.79. The lowest BCUT2D eigenvalue weighted by Gasteiger charge is -2.14. The standard InChI is InChI=1S/C16H16ClNO6S/c1-23-16(20)15(10-19)18-25(21,22)14-8-6-13(7-9-14)24-12-4-2-11(17)3-5-12/h2-9,15,18-19H,10H2,1H3/t15-/m1/s1. The molecule has 2 aromatic rings. The summed E-state index contributed by atoms with van der Waals surface area (Å²) in [4.78, 5) is 11.3. The Kier molecular flexibility index (Phi) is 6.38. The first kappa shape index (κ1) is 19.2. The minimum absolute atomic E-state index is 0.0849. The Morgan fingerprint density at radius 2 is 1.64 bits per heavy atom. The van der Waals surface area contributed by atoms with E-state index in [4.69, 9.17) is 21.4 Å². The van der Waals surface area contributed by atoms with Crippen LogP contribution in [-0.4, -0.2) is 39.3 Å². The summed E-state index contributed by atoms with van der Waals surface area (Å²) < 4.78 is 36.6. The van der Waals surface area contributed by atoms with E-state index < -0.39 is 28.6 Å². The SMILES string of the molecule is COC(=O)[C@@H](CO)NS(=O)(=O)c1ccc(Oc2ccc(Cl)cc2)cc1. The average Bonchev–Trinajstić information content (AvgIpc) is 2.61. The predicted molar refractivity (Wildman–Crippen MR) is 91.2 cm³/mol. The number of sulfonamides is 1. The van der Waals surface area contributed by atoms with Gasteiger partial charge in [-0.3, -0.25) is 4.79 Å². The summed E-state index contributed by atoms with van der Waals surface area (Å²) in [5, 5.41) is 9.68. The van der Waals surface area contributed by atoms with Gasteiger partial charge in [0.05, 0.1) is 18.6 Å². The molecule has 0 saturated carbocycles. The van der Waals surface area contributed by atoms with Crippen molar-refractivity contribution in [3.63, 3.8) is 0 Å². The molecule has 0 aromatic heterocycles. The first-order chi connectivity index (χ1) is 11.9. The zero-order chi connectivity index (χ0) is 18.4. The molecular formula is C16H16ClNO6S. The van der Waals surface area contributed by atoms with Crippen molar-refractivity contribution in [2.75, 3.05) is 13.7 Å². The van der Waals surface area contributed by atoms with Gasteiger partial charge in [-0.25, -0.2) is 8.42 Å². The number of halogens is 1. The molecule has 0 radical (unpaired) electrons. The third-order valence-corrected chi connectivity index (χ3v) is 4.89. The van der Waals surface area contributed by atoms with Gasteiger partial charge in [0.25, 0.3) is 0 Å². The van der Waals surface area contributed by atoms with Gasteiger partial charge in [-0.2, -0.15) is 4.72 Å². The van der Waals surface area contributed by atoms with Crippen LogP contribution in [0.15, 0.2) is 53.4 Å². The lowest BCUT2D eigenvalue weighted by Crippen LogP contribution is -2.43. The Morgan fingerprint density at radius 1 is 1.12 bits per heavy atom. The number of carbonyl (C=O) groups excluding carboxylic acids is 1. The summed E-state index contributed by atoms with van der Waals surface area (Å²) in [7, 11) is -2.91. The van der Waals surface area contributed by atoms with Crippen LogP contribution >= 0.6 is 11.6 Å². The molecule has 0 aliphatic carbocycles. The van der Waals surface area contributed by atoms with Gasteiger partial charge >= 0.3 is 5.97 Å². The maximum absolute atomic E-state index is 12.2. The second-order valence-corrected chi connectivity index (χ2v) is 7.06. The minimum Gasteiger partial charge on any atom is -0.468 e. The lowest BCUT2D eigenvalue weighted by molar-refractivity contribution is -0.143. The minimum atomic E-state index is -4.01. The Labute approximate surface area is 150 Å². The third-order valence-electron chi connectivity index (χ3n) is 3.15. The Morgan fingerprint density at radius 3 is 2.12 bits per heavy atom. The van der Waals surface area contributed by atoms with Crippen molar-refractivity contribution in [3.05, 3.63) is 53.6 Å². The zero-order valence-electron chi connectivity index (χ0n) is 13.2. The molecule has 2 aromatic carbocycles. The first-order valence-corrected chi connectivity index (χ1v) is 8.96.